The van der Waals surface area contributed by atoms with E-state index in [4.69, 9.17) is 4.74 Å². The minimum absolute atomic E-state index is 0. The number of methoxy groups -OCH3 is 1. The number of carbonyl (C=O) groups excluding carboxylic acids is 1. The number of rotatable bonds is 2. The Balaban J connectivity index is -0.000000437. The quantitative estimate of drug-likeness (QED) is 0.222. The SMILES string of the molecule is C1CCOC1.COC(=O)c1cc(C)c(F)cc1Br.Cc1cc(C(C)(C)O)c(Br)cc1F.[CH3-].[I-].[Mg+2]. The molecule has 2 aromatic rings. The van der Waals surface area contributed by atoms with Crippen LogP contribution < -0.4 is 24.0 Å². The summed E-state index contributed by atoms with van der Waals surface area (Å²) in [5, 5.41) is 9.73. The topological polar surface area (TPSA) is 55.8 Å². The van der Waals surface area contributed by atoms with E-state index in [2.05, 4.69) is 36.6 Å². The minimum atomic E-state index is -0.947. The number of ether oxygens (including phenoxy) is 2. The molecule has 1 aliphatic heterocycles. The van der Waals surface area contributed by atoms with E-state index in [1.54, 1.807) is 33.8 Å². The third kappa shape index (κ3) is 12.9. The molecular weight excluding hydrogens is 701 g/mol. The summed E-state index contributed by atoms with van der Waals surface area (Å²) in [4.78, 5) is 11.1. The van der Waals surface area contributed by atoms with E-state index < -0.39 is 11.6 Å². The maximum atomic E-state index is 13.0. The van der Waals surface area contributed by atoms with Crippen molar-refractivity contribution >= 4 is 60.9 Å². The van der Waals surface area contributed by atoms with Crippen LogP contribution in [0.25, 0.3) is 0 Å². The Morgan fingerprint density at radius 1 is 1.00 bits per heavy atom. The molecule has 1 aliphatic rings. The molecule has 1 saturated heterocycles. The fourth-order valence-corrected chi connectivity index (χ4v) is 3.84. The van der Waals surface area contributed by atoms with E-state index >= 15 is 0 Å². The van der Waals surface area contributed by atoms with E-state index in [1.807, 2.05) is 0 Å². The van der Waals surface area contributed by atoms with Gasteiger partial charge >= 0.3 is 29.0 Å². The van der Waals surface area contributed by atoms with Gasteiger partial charge in [0.2, 0.25) is 0 Å². The maximum Gasteiger partial charge on any atom is 2.00 e. The smallest absolute Gasteiger partial charge is 1.00 e. The Morgan fingerprint density at radius 3 is 1.82 bits per heavy atom. The van der Waals surface area contributed by atoms with Crippen molar-refractivity contribution in [3.05, 3.63) is 74.5 Å². The molecule has 0 unspecified atom stereocenters. The summed E-state index contributed by atoms with van der Waals surface area (Å²) in [7, 11) is 1.29. The summed E-state index contributed by atoms with van der Waals surface area (Å²) in [6, 6.07) is 5.73. The molecule has 0 bridgehead atoms. The summed E-state index contributed by atoms with van der Waals surface area (Å²) in [6.45, 7) is 8.61. The molecule has 188 valence electrons. The van der Waals surface area contributed by atoms with Crippen LogP contribution in [-0.2, 0) is 15.1 Å². The van der Waals surface area contributed by atoms with E-state index in [1.165, 1.54) is 38.2 Å². The first-order valence-corrected chi connectivity index (χ1v) is 11.3. The molecule has 1 N–H and O–H groups in total. The average molecular weight is 733 g/mol. The third-order valence-corrected chi connectivity index (χ3v) is 5.70. The number of hydrogen-bond acceptors (Lipinski definition) is 4. The van der Waals surface area contributed by atoms with Gasteiger partial charge in [-0.05, 0) is 97.4 Å². The molecule has 1 fully saturated rings. The maximum absolute atomic E-state index is 13.0. The Hall–Kier alpha value is 0.146. The van der Waals surface area contributed by atoms with Crippen LogP contribution >= 0.6 is 31.9 Å². The predicted octanol–water partition coefficient (Wildman–Crippen LogP) is 3.68. The van der Waals surface area contributed by atoms with Crippen LogP contribution in [0.2, 0.25) is 0 Å². The molecule has 1 heterocycles. The molecule has 0 atom stereocenters. The molecule has 3 rings (SSSR count). The number of benzene rings is 2. The molecule has 0 amide bonds. The van der Waals surface area contributed by atoms with Crippen molar-refractivity contribution in [2.24, 2.45) is 0 Å². The monoisotopic (exact) mass is 730 g/mol. The van der Waals surface area contributed by atoms with Crippen molar-refractivity contribution in [1.82, 2.24) is 0 Å². The van der Waals surface area contributed by atoms with Gasteiger partial charge in [-0.25, -0.2) is 13.6 Å². The Bertz CT molecular complexity index is 898. The summed E-state index contributed by atoms with van der Waals surface area (Å²) < 4.78 is 36.5. The van der Waals surface area contributed by atoms with Crippen molar-refractivity contribution in [1.29, 1.82) is 0 Å². The van der Waals surface area contributed by atoms with E-state index in [0.29, 0.717) is 31.2 Å². The van der Waals surface area contributed by atoms with Crippen LogP contribution in [0.1, 0.15) is 53.7 Å². The molecular formula is C24H31Br2F2IMgO4. The summed E-state index contributed by atoms with van der Waals surface area (Å²) in [5.74, 6) is -1.09. The summed E-state index contributed by atoms with van der Waals surface area (Å²) in [5.41, 5.74) is 1.05. The third-order valence-electron chi connectivity index (χ3n) is 4.39. The zero-order valence-electron chi connectivity index (χ0n) is 20.4. The predicted molar refractivity (Wildman–Crippen MR) is 136 cm³/mol. The normalized spacial score (nSPS) is 11.8. The number of halogens is 5. The Labute approximate surface area is 252 Å². The van der Waals surface area contributed by atoms with Gasteiger partial charge in [-0.1, -0.05) is 15.9 Å². The van der Waals surface area contributed by atoms with Crippen molar-refractivity contribution in [2.75, 3.05) is 20.3 Å². The Morgan fingerprint density at radius 2 is 1.44 bits per heavy atom. The molecule has 4 nitrogen and oxygen atoms in total. The number of esters is 1. The first-order valence-electron chi connectivity index (χ1n) is 9.68. The van der Waals surface area contributed by atoms with Gasteiger partial charge < -0.3 is 46.0 Å². The second-order valence-corrected chi connectivity index (χ2v) is 9.24. The Kier molecular flexibility index (Phi) is 20.9. The summed E-state index contributed by atoms with van der Waals surface area (Å²) in [6.07, 6.45) is 2.56. The van der Waals surface area contributed by atoms with Gasteiger partial charge in [0.15, 0.2) is 0 Å². The number of carbonyl (C=O) groups is 1. The van der Waals surface area contributed by atoms with E-state index in [-0.39, 0.29) is 66.1 Å². The molecule has 10 heteroatoms. The van der Waals surface area contributed by atoms with Gasteiger partial charge in [0, 0.05) is 22.2 Å². The molecule has 0 saturated carbocycles. The van der Waals surface area contributed by atoms with Crippen molar-refractivity contribution in [3.63, 3.8) is 0 Å². The number of hydrogen-bond donors (Lipinski definition) is 1. The van der Waals surface area contributed by atoms with Gasteiger partial charge in [-0.15, -0.1) is 0 Å². The zero-order chi connectivity index (χ0) is 23.8. The van der Waals surface area contributed by atoms with Crippen molar-refractivity contribution in [2.45, 2.75) is 46.1 Å². The second-order valence-electron chi connectivity index (χ2n) is 7.53. The van der Waals surface area contributed by atoms with Crippen LogP contribution in [0.5, 0.6) is 0 Å². The van der Waals surface area contributed by atoms with Gasteiger partial charge in [-0.3, -0.25) is 0 Å². The molecule has 0 spiro atoms. The van der Waals surface area contributed by atoms with E-state index in [9.17, 15) is 18.7 Å². The van der Waals surface area contributed by atoms with Gasteiger partial charge in [0.25, 0.3) is 0 Å². The fourth-order valence-electron chi connectivity index (χ4n) is 2.56. The van der Waals surface area contributed by atoms with Gasteiger partial charge in [0.05, 0.1) is 18.3 Å². The fraction of sp³-hybridized carbons (Fsp3) is 0.417. The standard InChI is InChI=1S/C10H12BrFO.C9H8BrFO2.C4H8O.CH3.HI.Mg/c1-6-4-7(10(2,3)13)8(11)5-9(6)12;1-5-3-6(9(12)13-2)7(10)4-8(5)11;1-2-4-5-3-1;;;/h4-5,13H,1-3H3;3-4H,1-2H3;1-4H2;1H3;1H;/q;;;-1;;+2/p-1. The first kappa shape index (κ1) is 38.7. The molecule has 2 aromatic carbocycles. The minimum Gasteiger partial charge on any atom is -1.00 e. The molecule has 34 heavy (non-hydrogen) atoms. The van der Waals surface area contributed by atoms with Crippen LogP contribution in [0, 0.1) is 32.9 Å². The van der Waals surface area contributed by atoms with Crippen LogP contribution in [-0.4, -0.2) is 54.5 Å². The number of aliphatic hydroxyl groups is 1. The molecule has 0 aromatic heterocycles. The van der Waals surface area contributed by atoms with Crippen LogP contribution in [0.15, 0.2) is 33.2 Å². The average Bonchev–Trinajstić information content (AvgIpc) is 3.26. The summed E-state index contributed by atoms with van der Waals surface area (Å²) >= 11 is 6.30. The molecule has 0 radical (unpaired) electrons. The van der Waals surface area contributed by atoms with E-state index in [0.717, 1.165) is 13.2 Å². The van der Waals surface area contributed by atoms with Crippen molar-refractivity contribution in [3.8, 4) is 0 Å². The van der Waals surface area contributed by atoms with Crippen LogP contribution in [0.4, 0.5) is 8.78 Å². The zero-order valence-corrected chi connectivity index (χ0v) is 27.2. The second kappa shape index (κ2) is 18.4. The van der Waals surface area contributed by atoms with Crippen LogP contribution in [0.3, 0.4) is 0 Å². The van der Waals surface area contributed by atoms with Gasteiger partial charge in [-0.2, -0.15) is 0 Å². The molecule has 0 aliphatic carbocycles. The largest absolute Gasteiger partial charge is 2.00 e. The van der Waals surface area contributed by atoms with Crippen molar-refractivity contribution < 1.29 is 52.1 Å². The first-order chi connectivity index (χ1) is 14.4. The van der Waals surface area contributed by atoms with Gasteiger partial charge in [0.1, 0.15) is 11.6 Å². The number of aryl methyl sites for hydroxylation is 2.